The van der Waals surface area contributed by atoms with E-state index in [0.717, 1.165) is 56.2 Å². The van der Waals surface area contributed by atoms with E-state index >= 15 is 0 Å². The summed E-state index contributed by atoms with van der Waals surface area (Å²) >= 11 is 0. The molecule has 2 atom stereocenters. The van der Waals surface area contributed by atoms with Crippen LogP contribution >= 0.6 is 0 Å². The number of benzene rings is 3. The van der Waals surface area contributed by atoms with E-state index < -0.39 is 17.7 Å². The third kappa shape index (κ3) is 16.9. The van der Waals surface area contributed by atoms with Gasteiger partial charge in [0.2, 0.25) is 17.7 Å². The Bertz CT molecular complexity index is 2450. The molecule has 0 bridgehead atoms. The number of rotatable bonds is 32. The van der Waals surface area contributed by atoms with Crippen molar-refractivity contribution in [1.82, 2.24) is 41.3 Å². The lowest BCUT2D eigenvalue weighted by molar-refractivity contribution is -0.166. The number of piperazine rings is 1. The molecule has 0 aromatic heterocycles. The second-order valence-electron chi connectivity index (χ2n) is 20.6. The van der Waals surface area contributed by atoms with Gasteiger partial charge in [-0.15, -0.1) is 5.53 Å². The van der Waals surface area contributed by atoms with Crippen LogP contribution < -0.4 is 31.1 Å². The molecule has 1 saturated carbocycles. The number of piperidine rings is 1. The van der Waals surface area contributed by atoms with E-state index in [-0.39, 0.29) is 35.5 Å². The van der Waals surface area contributed by atoms with Gasteiger partial charge in [-0.05, 0) is 104 Å². The molecule has 3 saturated heterocycles. The normalized spacial score (nSPS) is 19.0. The molecule has 0 radical (unpaired) electrons. The summed E-state index contributed by atoms with van der Waals surface area (Å²) in [6.07, 6.45) is 9.35. The standard InChI is InChI=1S/C58H80N8O13/c1-2-3-25-66-56(71)52(53(68)44-7-5-4-6-8-44)60-57(72)58(66)22-27-63(28-23-58)40-43-9-15-49(16-10-43)79-50-19-11-45(12-20-50)54(69)59-24-30-73-32-33-74-31-29-64-41-47(61-62-64)42-77-37-36-75-34-35-76-38-39-78-48-17-13-46(14-18-48)55(70)65-26-21-51(65)67/h9-20,41,44,52-53,61-62,68H,2-8,21-40,42H2,1H3,(H,59,69)(H,60,72)/t52-,53+/m0/s1. The number of carbonyl (C=O) groups excluding carboxylic acids is 5. The van der Waals surface area contributed by atoms with Gasteiger partial charge in [-0.2, -0.15) is 0 Å². The first kappa shape index (κ1) is 59.0. The molecule has 3 aromatic rings. The van der Waals surface area contributed by atoms with E-state index in [0.29, 0.717) is 166 Å². The minimum Gasteiger partial charge on any atom is -0.491 e. The molecule has 1 aliphatic carbocycles. The predicted molar refractivity (Wildman–Crippen MR) is 291 cm³/mol. The van der Waals surface area contributed by atoms with Gasteiger partial charge in [0.05, 0.1) is 84.4 Å². The Kier molecular flexibility index (Phi) is 22.7. The maximum absolute atomic E-state index is 14.0. The Labute approximate surface area is 463 Å². The van der Waals surface area contributed by atoms with E-state index in [1.807, 2.05) is 40.4 Å². The highest BCUT2D eigenvalue weighted by molar-refractivity contribution is 6.07. The number of amides is 5. The van der Waals surface area contributed by atoms with Gasteiger partial charge in [0, 0.05) is 63.0 Å². The zero-order valence-corrected chi connectivity index (χ0v) is 45.7. The van der Waals surface area contributed by atoms with Crippen molar-refractivity contribution in [3.8, 4) is 17.2 Å². The third-order valence-electron chi connectivity index (χ3n) is 15.1. The summed E-state index contributed by atoms with van der Waals surface area (Å²) in [7, 11) is 0. The molecule has 3 aromatic carbocycles. The van der Waals surface area contributed by atoms with Crippen molar-refractivity contribution < 1.29 is 62.2 Å². The van der Waals surface area contributed by atoms with Gasteiger partial charge in [-0.25, -0.2) is 0 Å². The summed E-state index contributed by atoms with van der Waals surface area (Å²) in [6, 6.07) is 20.7. The SMILES string of the molecule is CCCCN1C(=O)[C@H]([C@H](O)C2CCCCC2)NC(=O)C12CCN(Cc1ccc(Oc3ccc(C(=O)NCCOCCOCCN4C=C(COCCOCCOCCOc5ccc(C(=O)N6CCC6=O)cc5)NN4)cc3)cc1)CC2. The lowest BCUT2D eigenvalue weighted by atomic mass is 9.78. The lowest BCUT2D eigenvalue weighted by Gasteiger charge is -2.52. The molecule has 4 heterocycles. The first-order chi connectivity index (χ1) is 38.6. The fourth-order valence-corrected chi connectivity index (χ4v) is 10.4. The molecule has 4 aliphatic heterocycles. The number of β-lactam (4-membered cyclic amide) rings is 1. The van der Waals surface area contributed by atoms with Gasteiger partial charge in [-0.3, -0.25) is 38.8 Å². The monoisotopic (exact) mass is 1100 g/mol. The Morgan fingerprint density at radius 3 is 2.00 bits per heavy atom. The van der Waals surface area contributed by atoms with Crippen LogP contribution in [0.4, 0.5) is 0 Å². The number of imide groups is 1. The fourth-order valence-electron chi connectivity index (χ4n) is 10.4. The number of nitrogens with one attached hydrogen (secondary N) is 4. The smallest absolute Gasteiger partial charge is 0.260 e. The van der Waals surface area contributed by atoms with Gasteiger partial charge in [-0.1, -0.05) is 44.7 Å². The van der Waals surface area contributed by atoms with E-state index in [1.165, 1.54) is 4.90 Å². The highest BCUT2D eigenvalue weighted by Gasteiger charge is 2.55. The Balaban J connectivity index is 0.610. The van der Waals surface area contributed by atoms with Crippen LogP contribution in [0.3, 0.4) is 0 Å². The summed E-state index contributed by atoms with van der Waals surface area (Å²) in [5, 5.41) is 19.1. The minimum atomic E-state index is -0.888. The minimum absolute atomic E-state index is 0.0431. The number of hydrogen-bond acceptors (Lipinski definition) is 17. The van der Waals surface area contributed by atoms with Crippen LogP contribution in [0.2, 0.25) is 0 Å². The first-order valence-corrected chi connectivity index (χ1v) is 28.2. The molecular formula is C58H80N8O13. The van der Waals surface area contributed by atoms with Crippen LogP contribution in [-0.2, 0) is 44.6 Å². The average Bonchev–Trinajstić information content (AvgIpc) is 4.06. The molecule has 4 fully saturated rings. The van der Waals surface area contributed by atoms with Crippen molar-refractivity contribution in [2.45, 2.75) is 95.4 Å². The molecule has 8 rings (SSSR count). The van der Waals surface area contributed by atoms with Gasteiger partial charge < -0.3 is 59.2 Å². The van der Waals surface area contributed by atoms with Crippen LogP contribution in [0.25, 0.3) is 0 Å². The largest absolute Gasteiger partial charge is 0.491 e. The summed E-state index contributed by atoms with van der Waals surface area (Å²) in [5.41, 5.74) is 8.20. The first-order valence-electron chi connectivity index (χ1n) is 28.2. The van der Waals surface area contributed by atoms with Crippen molar-refractivity contribution in [2.75, 3.05) is 112 Å². The summed E-state index contributed by atoms with van der Waals surface area (Å²) in [6.45, 7) is 10.6. The molecule has 0 unspecified atom stereocenters. The maximum Gasteiger partial charge on any atom is 0.260 e. The number of nitrogens with zero attached hydrogens (tertiary/aromatic N) is 4. The number of aliphatic hydroxyl groups is 1. The highest BCUT2D eigenvalue weighted by Crippen LogP contribution is 2.37. The zero-order chi connectivity index (χ0) is 55.2. The van der Waals surface area contributed by atoms with Crippen molar-refractivity contribution in [3.05, 3.63) is 101 Å². The van der Waals surface area contributed by atoms with E-state index in [4.69, 9.17) is 33.2 Å². The molecule has 5 aliphatic rings. The highest BCUT2D eigenvalue weighted by atomic mass is 16.6. The average molecular weight is 1100 g/mol. The number of unbranched alkanes of at least 4 members (excludes halogenated alkanes) is 1. The van der Waals surface area contributed by atoms with Crippen molar-refractivity contribution in [3.63, 3.8) is 0 Å². The van der Waals surface area contributed by atoms with Crippen LogP contribution in [0.5, 0.6) is 17.2 Å². The zero-order valence-electron chi connectivity index (χ0n) is 45.7. The van der Waals surface area contributed by atoms with Gasteiger partial charge >= 0.3 is 0 Å². The molecule has 5 amide bonds. The molecule has 21 nitrogen and oxygen atoms in total. The summed E-state index contributed by atoms with van der Waals surface area (Å²) in [4.78, 5) is 69.8. The van der Waals surface area contributed by atoms with E-state index in [9.17, 15) is 29.1 Å². The van der Waals surface area contributed by atoms with E-state index in [2.05, 4.69) is 33.4 Å². The summed E-state index contributed by atoms with van der Waals surface area (Å²) in [5.74, 6) is 1.05. The molecule has 5 N–H and O–H groups in total. The second kappa shape index (κ2) is 30.4. The number of hydrazine groups is 2. The fraction of sp³-hybridized carbons (Fsp3) is 0.569. The topological polar surface area (TPSA) is 231 Å². The molecule has 21 heteroatoms. The number of likely N-dealkylation sites (tertiary alicyclic amines) is 2. The Hall–Kier alpha value is -6.17. The van der Waals surface area contributed by atoms with Crippen LogP contribution in [-0.4, -0.2) is 184 Å². The van der Waals surface area contributed by atoms with Crippen molar-refractivity contribution >= 4 is 29.5 Å². The van der Waals surface area contributed by atoms with Crippen LogP contribution in [0, 0.1) is 5.92 Å². The lowest BCUT2D eigenvalue weighted by Crippen LogP contribution is -2.75. The van der Waals surface area contributed by atoms with E-state index in [1.54, 1.807) is 48.5 Å². The number of ether oxygens (including phenoxy) is 7. The number of carbonyl (C=O) groups is 5. The van der Waals surface area contributed by atoms with Gasteiger partial charge in [0.1, 0.15) is 35.4 Å². The third-order valence-corrected chi connectivity index (χ3v) is 15.1. The molecule has 430 valence electrons. The Morgan fingerprint density at radius 1 is 0.722 bits per heavy atom. The Morgan fingerprint density at radius 2 is 1.34 bits per heavy atom. The van der Waals surface area contributed by atoms with Gasteiger partial charge in [0.15, 0.2) is 0 Å². The summed E-state index contributed by atoms with van der Waals surface area (Å²) < 4.78 is 40.0. The van der Waals surface area contributed by atoms with Crippen LogP contribution in [0.1, 0.15) is 97.4 Å². The van der Waals surface area contributed by atoms with Crippen molar-refractivity contribution in [1.29, 1.82) is 0 Å². The quantitative estimate of drug-likeness (QED) is 0.0333. The van der Waals surface area contributed by atoms with Gasteiger partial charge in [0.25, 0.3) is 11.8 Å². The number of hydrogen-bond donors (Lipinski definition) is 5. The number of aliphatic hydroxyl groups excluding tert-OH is 1. The van der Waals surface area contributed by atoms with Crippen LogP contribution in [0.15, 0.2) is 84.7 Å². The predicted octanol–water partition coefficient (Wildman–Crippen LogP) is 4.31. The van der Waals surface area contributed by atoms with Crippen molar-refractivity contribution in [2.24, 2.45) is 5.92 Å². The second-order valence-corrected chi connectivity index (χ2v) is 20.6. The molecular weight excluding hydrogens is 1020 g/mol. The maximum atomic E-state index is 14.0. The molecule has 1 spiro atoms. The molecule has 79 heavy (non-hydrogen) atoms.